The van der Waals surface area contributed by atoms with E-state index in [2.05, 4.69) is 162 Å². The van der Waals surface area contributed by atoms with Gasteiger partial charge >= 0.3 is 0 Å². The fourth-order valence-corrected chi connectivity index (χ4v) is 17.7. The SMILES string of the molecule is CC(=O)c1ccc(N(c2ccc(C(C)=O)cc2)c2ccc3c(c2)c2cc(N(c4ccc(C(C)=O)cc4)c4ccc(C(C)=O)cc4)ccc2n3-c2ccc(-c3ccc4c(c3)C(=O)c3cc(-c5ccc(-n6c7ccc(N(c8ccc(C(C)=O)cc8)c8ccc(C(C)=O)cc8)cc7c7cc(N(c8ccc(C(C)=O)cc8)c8ccc(C(C)=O)cc8)ccc76)cc5)ccc3-4)cc2)cc1. The first-order chi connectivity index (χ1) is 61.9. The molecule has 0 N–H and O–H groups in total. The van der Waals surface area contributed by atoms with Crippen LogP contribution in [0.4, 0.5) is 68.2 Å². The molecule has 0 bridgehead atoms. The number of benzene rings is 16. The normalized spacial score (nSPS) is 11.5. The Morgan fingerprint density at radius 1 is 0.180 bits per heavy atom. The van der Waals surface area contributed by atoms with Crippen molar-refractivity contribution in [1.82, 2.24) is 9.13 Å². The van der Waals surface area contributed by atoms with Gasteiger partial charge in [-0.25, -0.2) is 0 Å². The minimum absolute atomic E-state index is 0.0538. The highest BCUT2D eigenvalue weighted by molar-refractivity contribution is 6.23. The van der Waals surface area contributed by atoms with Crippen LogP contribution in [0.2, 0.25) is 0 Å². The molecule has 618 valence electrons. The average molecular weight is 1670 g/mol. The van der Waals surface area contributed by atoms with Gasteiger partial charge in [-0.3, -0.25) is 43.2 Å². The third-order valence-electron chi connectivity index (χ3n) is 24.5. The number of hydrogen-bond donors (Lipinski definition) is 0. The summed E-state index contributed by atoms with van der Waals surface area (Å²) in [5.74, 6) is -0.501. The largest absolute Gasteiger partial charge is 0.310 e. The smallest absolute Gasteiger partial charge is 0.194 e. The third-order valence-corrected chi connectivity index (χ3v) is 24.5. The molecule has 0 saturated heterocycles. The molecule has 0 aliphatic heterocycles. The minimum Gasteiger partial charge on any atom is -0.310 e. The van der Waals surface area contributed by atoms with Gasteiger partial charge in [-0.05, 0) is 392 Å². The second kappa shape index (κ2) is 32.9. The monoisotopic (exact) mass is 1670 g/mol. The Bertz CT molecular complexity index is 6600. The molecule has 18 aromatic rings. The minimum atomic E-state index is -0.0705. The van der Waals surface area contributed by atoms with Crippen molar-refractivity contribution in [3.63, 3.8) is 0 Å². The molecule has 0 radical (unpaired) electrons. The summed E-state index contributed by atoms with van der Waals surface area (Å²) < 4.78 is 4.50. The van der Waals surface area contributed by atoms with E-state index in [1.807, 2.05) is 218 Å². The van der Waals surface area contributed by atoms with E-state index in [1.165, 1.54) is 0 Å². The van der Waals surface area contributed by atoms with E-state index < -0.39 is 0 Å². The highest BCUT2D eigenvalue weighted by atomic mass is 16.2. The Morgan fingerprint density at radius 3 is 0.531 bits per heavy atom. The molecule has 1 aliphatic rings. The number of nitrogens with zero attached hydrogens (tertiary/aromatic N) is 6. The van der Waals surface area contributed by atoms with Crippen LogP contribution in [0.5, 0.6) is 0 Å². The van der Waals surface area contributed by atoms with E-state index in [0.717, 1.165) is 157 Å². The van der Waals surface area contributed by atoms with Crippen LogP contribution in [0, 0.1) is 0 Å². The molecule has 16 aromatic carbocycles. The van der Waals surface area contributed by atoms with Gasteiger partial charge in [0.15, 0.2) is 52.0 Å². The van der Waals surface area contributed by atoms with Gasteiger partial charge in [0.25, 0.3) is 0 Å². The van der Waals surface area contributed by atoms with E-state index >= 15 is 4.79 Å². The quantitative estimate of drug-likeness (QED) is 0.0523. The third kappa shape index (κ3) is 14.9. The molecule has 2 aromatic heterocycles. The molecule has 0 spiro atoms. The average Bonchev–Trinajstić information content (AvgIpc) is 1.56. The van der Waals surface area contributed by atoms with Crippen LogP contribution < -0.4 is 19.6 Å². The summed E-state index contributed by atoms with van der Waals surface area (Å²) in [5, 5.41) is 3.68. The maximum atomic E-state index is 15.1. The molecule has 15 nitrogen and oxygen atoms in total. The molecule has 0 saturated carbocycles. The maximum absolute atomic E-state index is 15.1. The summed E-state index contributed by atoms with van der Waals surface area (Å²) >= 11 is 0. The van der Waals surface area contributed by atoms with Crippen LogP contribution in [0.3, 0.4) is 0 Å². The van der Waals surface area contributed by atoms with Gasteiger partial charge in [-0.2, -0.15) is 0 Å². The lowest BCUT2D eigenvalue weighted by Gasteiger charge is -2.26. The standard InChI is InChI=1S/C113H82N6O9/c1-67(120)75-9-31-87(32-10-75)114(88-33-11-76(12-34-88)68(2)121)97-51-57-109-103(63-97)104-64-98(115(89-35-13-77(14-36-89)69(3)122)90-37-15-78(16-38-90)70(4)123)52-58-110(104)118(109)95-47-25-83(26-48-95)85-29-55-101-102-56-30-86(62-108(102)113(128)107(101)61-85)84-27-49-96(50-28-84)119-111-59-53-99(116(91-39-17-79(18-40-91)71(5)124)92-41-19-80(20-42-92)72(6)125)65-105(111)106-66-100(54-60-112(106)119)117(93-43-21-81(22-44-93)73(7)126)94-45-23-82(24-46-94)74(8)127/h9-66H,1-8H3. The zero-order valence-electron chi connectivity index (χ0n) is 71.3. The van der Waals surface area contributed by atoms with Crippen molar-refractivity contribution in [1.29, 1.82) is 0 Å². The summed E-state index contributed by atoms with van der Waals surface area (Å²) in [5.41, 5.74) is 26.2. The van der Waals surface area contributed by atoms with Crippen molar-refractivity contribution in [2.24, 2.45) is 0 Å². The van der Waals surface area contributed by atoms with Gasteiger partial charge in [0.1, 0.15) is 0 Å². The number of rotatable bonds is 24. The Morgan fingerprint density at radius 2 is 0.352 bits per heavy atom. The van der Waals surface area contributed by atoms with E-state index in [-0.39, 0.29) is 52.0 Å². The Hall–Kier alpha value is -16.7. The summed E-state index contributed by atoms with van der Waals surface area (Å²) in [6.07, 6.45) is 0. The van der Waals surface area contributed by atoms with Gasteiger partial charge < -0.3 is 28.7 Å². The van der Waals surface area contributed by atoms with E-state index in [0.29, 0.717) is 55.6 Å². The topological polar surface area (TPSA) is 176 Å². The van der Waals surface area contributed by atoms with Gasteiger partial charge in [0.05, 0.1) is 22.1 Å². The summed E-state index contributed by atoms with van der Waals surface area (Å²) in [6, 6.07) is 114. The zero-order valence-corrected chi connectivity index (χ0v) is 71.3. The van der Waals surface area contributed by atoms with Crippen molar-refractivity contribution < 1.29 is 43.2 Å². The zero-order chi connectivity index (χ0) is 88.6. The van der Waals surface area contributed by atoms with Crippen molar-refractivity contribution >= 4 is 164 Å². The molecule has 15 heteroatoms. The Kier molecular flexibility index (Phi) is 20.8. The van der Waals surface area contributed by atoms with E-state index in [9.17, 15) is 38.4 Å². The molecule has 19 rings (SSSR count). The Labute approximate surface area is 738 Å². The van der Waals surface area contributed by atoms with Gasteiger partial charge in [-0.1, -0.05) is 48.5 Å². The number of hydrogen-bond acceptors (Lipinski definition) is 13. The molecule has 1 aliphatic carbocycles. The van der Waals surface area contributed by atoms with Crippen LogP contribution in [-0.4, -0.2) is 61.2 Å². The molecule has 0 atom stereocenters. The van der Waals surface area contributed by atoms with Crippen molar-refractivity contribution in [3.8, 4) is 44.8 Å². The molecule has 0 unspecified atom stereocenters. The second-order valence-corrected chi connectivity index (χ2v) is 32.6. The lowest BCUT2D eigenvalue weighted by molar-refractivity contribution is 0.100. The van der Waals surface area contributed by atoms with Crippen molar-refractivity contribution in [2.75, 3.05) is 19.6 Å². The second-order valence-electron chi connectivity index (χ2n) is 32.6. The highest BCUT2D eigenvalue weighted by Gasteiger charge is 2.30. The summed E-state index contributed by atoms with van der Waals surface area (Å²) in [7, 11) is 0. The molecule has 0 fully saturated rings. The number of Topliss-reactive ketones (excluding diaryl/α,β-unsaturated/α-hetero) is 8. The number of carbonyl (C=O) groups is 9. The Balaban J connectivity index is 0.668. The number of ketones is 9. The van der Waals surface area contributed by atoms with Crippen LogP contribution in [-0.2, 0) is 0 Å². The molecule has 128 heavy (non-hydrogen) atoms. The van der Waals surface area contributed by atoms with Crippen LogP contribution in [0.25, 0.3) is 88.4 Å². The first-order valence-electron chi connectivity index (χ1n) is 42.3. The molecular weight excluding hydrogens is 1590 g/mol. The van der Waals surface area contributed by atoms with E-state index in [4.69, 9.17) is 0 Å². The lowest BCUT2D eigenvalue weighted by atomic mass is 9.98. The highest BCUT2D eigenvalue weighted by Crippen LogP contribution is 2.49. The first kappa shape index (κ1) is 81.0. The number of carbonyl (C=O) groups excluding carboxylic acids is 9. The van der Waals surface area contributed by atoms with Gasteiger partial charge in [0, 0.05) is 157 Å². The van der Waals surface area contributed by atoms with Crippen molar-refractivity contribution in [3.05, 3.63) is 407 Å². The van der Waals surface area contributed by atoms with Crippen LogP contribution >= 0.6 is 0 Å². The predicted molar refractivity (Wildman–Crippen MR) is 514 cm³/mol. The fourth-order valence-electron chi connectivity index (χ4n) is 17.7. The van der Waals surface area contributed by atoms with Crippen LogP contribution in [0.15, 0.2) is 352 Å². The molecular formula is C113H82N6O9. The first-order valence-corrected chi connectivity index (χ1v) is 42.3. The van der Waals surface area contributed by atoms with Crippen molar-refractivity contribution in [2.45, 2.75) is 55.4 Å². The van der Waals surface area contributed by atoms with Crippen LogP contribution in [0.1, 0.15) is 154 Å². The maximum Gasteiger partial charge on any atom is 0.194 e. The van der Waals surface area contributed by atoms with Gasteiger partial charge in [0.2, 0.25) is 0 Å². The van der Waals surface area contributed by atoms with Gasteiger partial charge in [-0.15, -0.1) is 0 Å². The molecule has 0 amide bonds. The number of fused-ring (bicyclic) bond motifs is 9. The number of aromatic nitrogens is 2. The predicted octanol–water partition coefficient (Wildman–Crippen LogP) is 27.9. The summed E-state index contributed by atoms with van der Waals surface area (Å²) in [4.78, 5) is 125. The summed E-state index contributed by atoms with van der Waals surface area (Å²) in [6.45, 7) is 12.4. The lowest BCUT2D eigenvalue weighted by Crippen LogP contribution is -2.10. The van der Waals surface area contributed by atoms with E-state index in [1.54, 1.807) is 55.4 Å². The number of anilines is 12. The molecule has 2 heterocycles. The fraction of sp³-hybridized carbons (Fsp3) is 0.0708.